The average molecular weight is 311 g/mol. The fraction of sp³-hybridized carbons (Fsp3) is 0.500. The third-order valence-corrected chi connectivity index (χ3v) is 3.93. The lowest BCUT2D eigenvalue weighted by atomic mass is 10.0. The Morgan fingerprint density at radius 3 is 2.44 bits per heavy atom. The van der Waals surface area contributed by atoms with E-state index in [1.165, 1.54) is 6.42 Å². The first-order valence-corrected chi connectivity index (χ1v) is 7.25. The fourth-order valence-corrected chi connectivity index (χ4v) is 2.55. The van der Waals surface area contributed by atoms with Crippen molar-refractivity contribution in [1.29, 1.82) is 0 Å². The molecule has 2 N–H and O–H groups in total. The summed E-state index contributed by atoms with van der Waals surface area (Å²) >= 11 is 3.39. The van der Waals surface area contributed by atoms with E-state index in [1.54, 1.807) is 0 Å². The van der Waals surface area contributed by atoms with E-state index in [4.69, 9.17) is 5.73 Å². The maximum Gasteiger partial charge on any atom is 0.224 e. The first-order chi connectivity index (χ1) is 8.66. The average Bonchev–Trinajstić information content (AvgIpc) is 2.40. The molecule has 0 radical (unpaired) electrons. The molecule has 1 atom stereocenters. The van der Waals surface area contributed by atoms with E-state index >= 15 is 0 Å². The van der Waals surface area contributed by atoms with Crippen LogP contribution in [0.15, 0.2) is 28.7 Å². The van der Waals surface area contributed by atoms with Crippen LogP contribution >= 0.6 is 15.9 Å². The van der Waals surface area contributed by atoms with Crippen LogP contribution in [0.4, 0.5) is 0 Å². The van der Waals surface area contributed by atoms with E-state index in [-0.39, 0.29) is 11.9 Å². The van der Waals surface area contributed by atoms with E-state index in [9.17, 15) is 4.79 Å². The molecule has 1 fully saturated rings. The van der Waals surface area contributed by atoms with Gasteiger partial charge in [-0.05, 0) is 37.0 Å². The number of hydrogen-bond donors (Lipinski definition) is 1. The van der Waals surface area contributed by atoms with Crippen molar-refractivity contribution in [3.05, 3.63) is 34.3 Å². The van der Waals surface area contributed by atoms with E-state index in [1.807, 2.05) is 29.2 Å². The Kier molecular flexibility index (Phi) is 4.78. The minimum Gasteiger partial charge on any atom is -0.343 e. The molecule has 18 heavy (non-hydrogen) atoms. The number of halogens is 1. The molecule has 4 heteroatoms. The number of carbonyl (C=O) groups excluding carboxylic acids is 1. The number of rotatable bonds is 3. The minimum atomic E-state index is -0.201. The van der Waals surface area contributed by atoms with E-state index in [0.29, 0.717) is 6.42 Å². The Morgan fingerprint density at radius 2 is 1.83 bits per heavy atom. The molecule has 1 aliphatic heterocycles. The van der Waals surface area contributed by atoms with Crippen LogP contribution in [0, 0.1) is 0 Å². The van der Waals surface area contributed by atoms with Gasteiger partial charge in [0.15, 0.2) is 0 Å². The minimum absolute atomic E-state index is 0.185. The van der Waals surface area contributed by atoms with Crippen LogP contribution in [0.1, 0.15) is 37.3 Å². The quantitative estimate of drug-likeness (QED) is 0.933. The van der Waals surface area contributed by atoms with Crippen LogP contribution in [-0.4, -0.2) is 23.9 Å². The van der Waals surface area contributed by atoms with Crippen molar-refractivity contribution >= 4 is 21.8 Å². The number of piperidine rings is 1. The normalized spacial score (nSPS) is 17.6. The second kappa shape index (κ2) is 6.34. The van der Waals surface area contributed by atoms with Crippen LogP contribution in [-0.2, 0) is 4.79 Å². The van der Waals surface area contributed by atoms with Gasteiger partial charge in [0.1, 0.15) is 0 Å². The molecule has 3 nitrogen and oxygen atoms in total. The first kappa shape index (κ1) is 13.6. The van der Waals surface area contributed by atoms with Crippen LogP contribution in [0.3, 0.4) is 0 Å². The predicted octanol–water partition coefficient (Wildman–Crippen LogP) is 2.85. The summed E-state index contributed by atoms with van der Waals surface area (Å²) in [6, 6.07) is 7.66. The van der Waals surface area contributed by atoms with Gasteiger partial charge in [-0.3, -0.25) is 4.79 Å². The molecule has 0 spiro atoms. The lowest BCUT2D eigenvalue weighted by molar-refractivity contribution is -0.132. The molecule has 0 saturated carbocycles. The summed E-state index contributed by atoms with van der Waals surface area (Å²) in [5.41, 5.74) is 7.11. The number of benzene rings is 1. The smallest absolute Gasteiger partial charge is 0.224 e. The van der Waals surface area contributed by atoms with Gasteiger partial charge in [-0.25, -0.2) is 0 Å². The number of hydrogen-bond acceptors (Lipinski definition) is 2. The zero-order valence-corrected chi connectivity index (χ0v) is 12.0. The second-order valence-electron chi connectivity index (χ2n) is 4.80. The van der Waals surface area contributed by atoms with Crippen LogP contribution in [0.5, 0.6) is 0 Å². The highest BCUT2D eigenvalue weighted by atomic mass is 79.9. The lowest BCUT2D eigenvalue weighted by Gasteiger charge is -2.27. The maximum absolute atomic E-state index is 12.1. The predicted molar refractivity (Wildman–Crippen MR) is 76.1 cm³/mol. The molecule has 1 saturated heterocycles. The molecule has 1 aliphatic rings. The van der Waals surface area contributed by atoms with Gasteiger partial charge in [0.2, 0.25) is 5.91 Å². The van der Waals surface area contributed by atoms with Crippen LogP contribution in [0.2, 0.25) is 0 Å². The summed E-state index contributed by atoms with van der Waals surface area (Å²) in [5.74, 6) is 0.185. The molecule has 1 unspecified atom stereocenters. The van der Waals surface area contributed by atoms with Gasteiger partial charge in [0.25, 0.3) is 0 Å². The van der Waals surface area contributed by atoms with Crippen molar-refractivity contribution in [2.24, 2.45) is 5.73 Å². The summed E-state index contributed by atoms with van der Waals surface area (Å²) in [6.45, 7) is 1.79. The largest absolute Gasteiger partial charge is 0.343 e. The highest BCUT2D eigenvalue weighted by Gasteiger charge is 2.19. The highest BCUT2D eigenvalue weighted by Crippen LogP contribution is 2.19. The number of nitrogens with zero attached hydrogens (tertiary/aromatic N) is 1. The van der Waals surface area contributed by atoms with Gasteiger partial charge in [-0.15, -0.1) is 0 Å². The number of amides is 1. The topological polar surface area (TPSA) is 46.3 Å². The molecule has 0 bridgehead atoms. The highest BCUT2D eigenvalue weighted by molar-refractivity contribution is 9.10. The summed E-state index contributed by atoms with van der Waals surface area (Å²) in [5, 5.41) is 0. The number of nitrogens with two attached hydrogens (primary N) is 1. The van der Waals surface area contributed by atoms with Gasteiger partial charge in [-0.1, -0.05) is 28.1 Å². The molecule has 2 rings (SSSR count). The van der Waals surface area contributed by atoms with Crippen LogP contribution < -0.4 is 5.73 Å². The van der Waals surface area contributed by atoms with Gasteiger partial charge >= 0.3 is 0 Å². The fourth-order valence-electron chi connectivity index (χ4n) is 2.29. The molecule has 1 aromatic carbocycles. The first-order valence-electron chi connectivity index (χ1n) is 6.45. The lowest BCUT2D eigenvalue weighted by Crippen LogP contribution is -2.37. The summed E-state index contributed by atoms with van der Waals surface area (Å²) in [4.78, 5) is 14.0. The van der Waals surface area contributed by atoms with Gasteiger partial charge in [-0.2, -0.15) is 0 Å². The van der Waals surface area contributed by atoms with E-state index in [2.05, 4.69) is 15.9 Å². The second-order valence-corrected chi connectivity index (χ2v) is 5.72. The van der Waals surface area contributed by atoms with Crippen molar-refractivity contribution in [2.75, 3.05) is 13.1 Å². The van der Waals surface area contributed by atoms with Gasteiger partial charge in [0, 0.05) is 30.0 Å². The van der Waals surface area contributed by atoms with Crippen molar-refractivity contribution in [1.82, 2.24) is 4.90 Å². The Labute approximate surface area is 116 Å². The summed E-state index contributed by atoms with van der Waals surface area (Å²) in [6.07, 6.45) is 3.89. The molecule has 0 aromatic heterocycles. The Hall–Kier alpha value is -0.870. The number of likely N-dealkylation sites (tertiary alicyclic amines) is 1. The summed E-state index contributed by atoms with van der Waals surface area (Å²) < 4.78 is 1.03. The van der Waals surface area contributed by atoms with Crippen molar-refractivity contribution in [3.8, 4) is 0 Å². The zero-order valence-electron chi connectivity index (χ0n) is 10.4. The van der Waals surface area contributed by atoms with E-state index < -0.39 is 0 Å². The molecule has 1 heterocycles. The van der Waals surface area contributed by atoms with Crippen molar-refractivity contribution in [2.45, 2.75) is 31.7 Å². The Morgan fingerprint density at radius 1 is 1.22 bits per heavy atom. The van der Waals surface area contributed by atoms with Gasteiger partial charge in [0.05, 0.1) is 0 Å². The maximum atomic E-state index is 12.1. The van der Waals surface area contributed by atoms with Gasteiger partial charge < -0.3 is 10.6 Å². The number of carbonyl (C=O) groups is 1. The molecular formula is C14H19BrN2O. The molecular weight excluding hydrogens is 292 g/mol. The van der Waals surface area contributed by atoms with E-state index in [0.717, 1.165) is 36.0 Å². The molecule has 1 amide bonds. The third kappa shape index (κ3) is 3.56. The third-order valence-electron chi connectivity index (χ3n) is 3.40. The zero-order chi connectivity index (χ0) is 13.0. The Bertz CT molecular complexity index is 399. The molecule has 98 valence electrons. The summed E-state index contributed by atoms with van der Waals surface area (Å²) in [7, 11) is 0. The standard InChI is InChI=1S/C14H19BrN2O/c15-12-6-4-11(5-7-12)13(16)10-14(18)17-8-2-1-3-9-17/h4-7,13H,1-3,8-10,16H2. The van der Waals surface area contributed by atoms with Crippen molar-refractivity contribution in [3.63, 3.8) is 0 Å². The monoisotopic (exact) mass is 310 g/mol. The Balaban J connectivity index is 1.91. The SMILES string of the molecule is NC(CC(=O)N1CCCCC1)c1ccc(Br)cc1. The molecule has 0 aliphatic carbocycles. The van der Waals surface area contributed by atoms with Crippen LogP contribution in [0.25, 0.3) is 0 Å². The van der Waals surface area contributed by atoms with Crippen molar-refractivity contribution < 1.29 is 4.79 Å². The molecule has 1 aromatic rings.